The van der Waals surface area contributed by atoms with Crippen LogP contribution in [0.3, 0.4) is 0 Å². The Morgan fingerprint density at radius 3 is 2.76 bits per heavy atom. The van der Waals surface area contributed by atoms with Gasteiger partial charge in [-0.3, -0.25) is 0 Å². The van der Waals surface area contributed by atoms with E-state index in [0.717, 1.165) is 21.0 Å². The van der Waals surface area contributed by atoms with Crippen molar-refractivity contribution in [1.82, 2.24) is 9.97 Å². The van der Waals surface area contributed by atoms with Crippen molar-refractivity contribution in [2.24, 2.45) is 0 Å². The number of thiazole rings is 1. The van der Waals surface area contributed by atoms with E-state index in [0.29, 0.717) is 0 Å². The van der Waals surface area contributed by atoms with Gasteiger partial charge in [-0.2, -0.15) is 0 Å². The van der Waals surface area contributed by atoms with Crippen LogP contribution in [0.15, 0.2) is 22.1 Å². The highest BCUT2D eigenvalue weighted by Crippen LogP contribution is 2.23. The van der Waals surface area contributed by atoms with Gasteiger partial charge >= 0.3 is 0 Å². The number of pyridine rings is 1. The summed E-state index contributed by atoms with van der Waals surface area (Å²) in [6.45, 7) is 6.15. The molecule has 0 fully saturated rings. The molecule has 0 spiro atoms. The Hall–Kier alpha value is -0.940. The monoisotopic (exact) mass is 311 g/mol. The van der Waals surface area contributed by atoms with Gasteiger partial charge in [-0.25, -0.2) is 9.97 Å². The van der Waals surface area contributed by atoms with Crippen molar-refractivity contribution in [3.63, 3.8) is 0 Å². The van der Waals surface area contributed by atoms with Crippen LogP contribution in [0.5, 0.6) is 0 Å². The van der Waals surface area contributed by atoms with Crippen molar-refractivity contribution in [3.8, 4) is 0 Å². The van der Waals surface area contributed by atoms with Gasteiger partial charge in [-0.1, -0.05) is 0 Å². The van der Waals surface area contributed by atoms with E-state index in [2.05, 4.69) is 50.4 Å². The Morgan fingerprint density at radius 2 is 2.18 bits per heavy atom. The van der Waals surface area contributed by atoms with Crippen molar-refractivity contribution in [2.75, 3.05) is 5.32 Å². The lowest BCUT2D eigenvalue weighted by Gasteiger charge is -2.12. The average Bonchev–Trinajstić information content (AvgIpc) is 2.70. The summed E-state index contributed by atoms with van der Waals surface area (Å²) in [5.41, 5.74) is 2.24. The van der Waals surface area contributed by atoms with Gasteiger partial charge in [0.15, 0.2) is 0 Å². The number of aryl methyl sites for hydroxylation is 2. The fraction of sp³-hybridized carbons (Fsp3) is 0.333. The van der Waals surface area contributed by atoms with E-state index in [4.69, 9.17) is 0 Å². The molecule has 17 heavy (non-hydrogen) atoms. The molecule has 3 nitrogen and oxygen atoms in total. The minimum absolute atomic E-state index is 0.182. The van der Waals surface area contributed by atoms with Gasteiger partial charge in [-0.05, 0) is 48.3 Å². The molecule has 2 rings (SSSR count). The van der Waals surface area contributed by atoms with Crippen LogP contribution < -0.4 is 5.32 Å². The van der Waals surface area contributed by atoms with Gasteiger partial charge in [0.25, 0.3) is 0 Å². The van der Waals surface area contributed by atoms with Gasteiger partial charge in [0.2, 0.25) is 0 Å². The first kappa shape index (κ1) is 12.5. The molecule has 0 saturated heterocycles. The van der Waals surface area contributed by atoms with Gasteiger partial charge in [0, 0.05) is 21.7 Å². The highest BCUT2D eigenvalue weighted by Gasteiger charge is 2.10. The second kappa shape index (κ2) is 5.14. The maximum atomic E-state index is 4.47. The highest BCUT2D eigenvalue weighted by atomic mass is 79.9. The van der Waals surface area contributed by atoms with Crippen molar-refractivity contribution < 1.29 is 0 Å². The molecule has 0 aliphatic carbocycles. The first-order valence-corrected chi connectivity index (χ1v) is 7.04. The van der Waals surface area contributed by atoms with E-state index in [1.807, 2.05) is 19.2 Å². The lowest BCUT2D eigenvalue weighted by atomic mass is 10.3. The summed E-state index contributed by atoms with van der Waals surface area (Å²) in [5, 5.41) is 6.51. The molecular formula is C12H14BrN3S. The van der Waals surface area contributed by atoms with E-state index in [9.17, 15) is 0 Å². The quantitative estimate of drug-likeness (QED) is 0.927. The first-order valence-electron chi connectivity index (χ1n) is 5.37. The number of aromatic nitrogens is 2. The van der Waals surface area contributed by atoms with Crippen molar-refractivity contribution in [3.05, 3.63) is 38.4 Å². The topological polar surface area (TPSA) is 37.8 Å². The van der Waals surface area contributed by atoms with Crippen molar-refractivity contribution in [1.29, 1.82) is 0 Å². The molecule has 0 aromatic carbocycles. The Labute approximate surface area is 113 Å². The Morgan fingerprint density at radius 1 is 1.41 bits per heavy atom. The molecule has 0 aliphatic rings. The Balaban J connectivity index is 2.12. The molecule has 0 amide bonds. The molecule has 1 atom stereocenters. The van der Waals surface area contributed by atoms with Crippen LogP contribution in [-0.4, -0.2) is 9.97 Å². The minimum Gasteiger partial charge on any atom is -0.361 e. The molecule has 1 N–H and O–H groups in total. The predicted molar refractivity (Wildman–Crippen MR) is 75.6 cm³/mol. The number of anilines is 1. The van der Waals surface area contributed by atoms with E-state index < -0.39 is 0 Å². The maximum Gasteiger partial charge on any atom is 0.126 e. The molecule has 0 radical (unpaired) electrons. The van der Waals surface area contributed by atoms with Crippen LogP contribution in [0.2, 0.25) is 0 Å². The largest absolute Gasteiger partial charge is 0.361 e. The van der Waals surface area contributed by atoms with Gasteiger partial charge in [0.05, 0.1) is 6.04 Å². The number of rotatable bonds is 3. The third-order valence-corrected chi connectivity index (χ3v) is 4.39. The third kappa shape index (κ3) is 3.04. The SMILES string of the molecule is Cc1csc(C(C)Nc2cc(C)c(Br)cn2)n1. The van der Waals surface area contributed by atoms with E-state index in [1.54, 1.807) is 11.3 Å². The second-order valence-corrected chi connectivity index (χ2v) is 5.76. The van der Waals surface area contributed by atoms with E-state index >= 15 is 0 Å². The van der Waals surface area contributed by atoms with Crippen LogP contribution in [-0.2, 0) is 0 Å². The number of nitrogens with one attached hydrogen (secondary N) is 1. The molecule has 0 saturated carbocycles. The van der Waals surface area contributed by atoms with Crippen LogP contribution in [0.1, 0.15) is 29.2 Å². The summed E-state index contributed by atoms with van der Waals surface area (Å²) < 4.78 is 1.03. The lowest BCUT2D eigenvalue weighted by Crippen LogP contribution is -2.07. The third-order valence-electron chi connectivity index (χ3n) is 2.42. The van der Waals surface area contributed by atoms with Crippen LogP contribution in [0, 0.1) is 13.8 Å². The normalized spacial score (nSPS) is 12.5. The van der Waals surface area contributed by atoms with Crippen LogP contribution in [0.4, 0.5) is 5.82 Å². The van der Waals surface area contributed by atoms with E-state index in [1.165, 1.54) is 5.56 Å². The molecule has 2 aromatic rings. The van der Waals surface area contributed by atoms with Crippen LogP contribution in [0.25, 0.3) is 0 Å². The number of hydrogen-bond donors (Lipinski definition) is 1. The van der Waals surface area contributed by atoms with Gasteiger partial charge in [0.1, 0.15) is 10.8 Å². The zero-order valence-electron chi connectivity index (χ0n) is 9.99. The van der Waals surface area contributed by atoms with Gasteiger partial charge < -0.3 is 5.32 Å². The summed E-state index contributed by atoms with van der Waals surface area (Å²) in [7, 11) is 0. The number of nitrogens with zero attached hydrogens (tertiary/aromatic N) is 2. The smallest absolute Gasteiger partial charge is 0.126 e. The molecule has 90 valence electrons. The molecule has 2 heterocycles. The average molecular weight is 312 g/mol. The molecule has 2 aromatic heterocycles. The highest BCUT2D eigenvalue weighted by molar-refractivity contribution is 9.10. The molecule has 1 unspecified atom stereocenters. The Kier molecular flexibility index (Phi) is 3.79. The predicted octanol–water partition coefficient (Wildman–Crippen LogP) is 4.09. The lowest BCUT2D eigenvalue weighted by molar-refractivity contribution is 0.854. The zero-order chi connectivity index (χ0) is 12.4. The summed E-state index contributed by atoms with van der Waals surface area (Å²) >= 11 is 5.12. The summed E-state index contributed by atoms with van der Waals surface area (Å²) in [6, 6.07) is 2.21. The molecule has 5 heteroatoms. The Bertz CT molecular complexity index is 524. The fourth-order valence-corrected chi connectivity index (χ4v) is 2.49. The van der Waals surface area contributed by atoms with Crippen molar-refractivity contribution in [2.45, 2.75) is 26.8 Å². The van der Waals surface area contributed by atoms with Gasteiger partial charge in [-0.15, -0.1) is 11.3 Å². The van der Waals surface area contributed by atoms with Crippen LogP contribution >= 0.6 is 27.3 Å². The summed E-state index contributed by atoms with van der Waals surface area (Å²) in [6.07, 6.45) is 1.82. The minimum atomic E-state index is 0.182. The molecular weight excluding hydrogens is 298 g/mol. The number of halogens is 1. The zero-order valence-corrected chi connectivity index (χ0v) is 12.4. The molecule has 0 bridgehead atoms. The number of hydrogen-bond acceptors (Lipinski definition) is 4. The standard InChI is InChI=1S/C12H14BrN3S/c1-7-4-11(14-5-10(7)13)16-9(3)12-15-8(2)6-17-12/h4-6,9H,1-3H3,(H,14,16). The summed E-state index contributed by atoms with van der Waals surface area (Å²) in [5.74, 6) is 0.881. The van der Waals surface area contributed by atoms with Crippen molar-refractivity contribution >= 4 is 33.1 Å². The second-order valence-electron chi connectivity index (χ2n) is 4.01. The molecule has 0 aliphatic heterocycles. The maximum absolute atomic E-state index is 4.47. The first-order chi connectivity index (χ1) is 8.06. The summed E-state index contributed by atoms with van der Waals surface area (Å²) in [4.78, 5) is 8.80. The fourth-order valence-electron chi connectivity index (χ4n) is 1.47. The van der Waals surface area contributed by atoms with E-state index in [-0.39, 0.29) is 6.04 Å².